The van der Waals surface area contributed by atoms with E-state index in [1.54, 1.807) is 18.2 Å². The molecule has 0 heterocycles. The van der Waals surface area contributed by atoms with E-state index in [4.69, 9.17) is 27.9 Å². The molecule has 2 nitrogen and oxygen atoms in total. The number of ether oxygens (including phenoxy) is 1. The van der Waals surface area contributed by atoms with Gasteiger partial charge >= 0.3 is 0 Å². The fourth-order valence-corrected chi connectivity index (χ4v) is 2.60. The van der Waals surface area contributed by atoms with Gasteiger partial charge in [-0.2, -0.15) is 0 Å². The van der Waals surface area contributed by atoms with Crippen molar-refractivity contribution in [2.45, 2.75) is 20.8 Å². The summed E-state index contributed by atoms with van der Waals surface area (Å²) < 4.78 is 5.50. The van der Waals surface area contributed by atoms with Crippen LogP contribution in [0.25, 0.3) is 0 Å². The molecule has 0 saturated heterocycles. The van der Waals surface area contributed by atoms with Crippen LogP contribution in [0.1, 0.15) is 27.0 Å². The molecular weight excluding hydrogens is 307 g/mol. The molecule has 0 bridgehead atoms. The number of carbonyl (C=O) groups excluding carboxylic acids is 1. The largest absolute Gasteiger partial charge is 0.482 e. The van der Waals surface area contributed by atoms with Crippen LogP contribution in [-0.4, -0.2) is 12.4 Å². The lowest BCUT2D eigenvalue weighted by Crippen LogP contribution is -2.14. The van der Waals surface area contributed by atoms with Crippen molar-refractivity contribution in [1.29, 1.82) is 0 Å². The Hall–Kier alpha value is -1.51. The zero-order valence-electron chi connectivity index (χ0n) is 12.2. The number of halogens is 2. The summed E-state index contributed by atoms with van der Waals surface area (Å²) in [5.41, 5.74) is 3.86. The van der Waals surface area contributed by atoms with Gasteiger partial charge in [-0.25, -0.2) is 0 Å². The van der Waals surface area contributed by atoms with Crippen LogP contribution in [0.4, 0.5) is 0 Å². The number of hydrogen-bond donors (Lipinski definition) is 0. The summed E-state index contributed by atoms with van der Waals surface area (Å²) in [6.45, 7) is 5.84. The quantitative estimate of drug-likeness (QED) is 0.725. The molecule has 0 atom stereocenters. The molecule has 0 aromatic heterocycles. The van der Waals surface area contributed by atoms with Crippen LogP contribution in [0.2, 0.25) is 10.0 Å². The van der Waals surface area contributed by atoms with Crippen LogP contribution < -0.4 is 4.74 Å². The van der Waals surface area contributed by atoms with Gasteiger partial charge in [0.05, 0.1) is 10.0 Å². The highest BCUT2D eigenvalue weighted by molar-refractivity contribution is 6.37. The second-order valence-electron chi connectivity index (χ2n) is 5.01. The second kappa shape index (κ2) is 6.50. The third-order valence-corrected chi connectivity index (χ3v) is 4.00. The number of hydrogen-bond acceptors (Lipinski definition) is 2. The van der Waals surface area contributed by atoms with E-state index < -0.39 is 0 Å². The Balaban J connectivity index is 2.18. The molecule has 110 valence electrons. The highest BCUT2D eigenvalue weighted by Crippen LogP contribution is 2.32. The van der Waals surface area contributed by atoms with E-state index in [0.29, 0.717) is 21.4 Å². The van der Waals surface area contributed by atoms with Gasteiger partial charge in [0.1, 0.15) is 0 Å². The lowest BCUT2D eigenvalue weighted by atomic mass is 9.98. The van der Waals surface area contributed by atoms with Crippen molar-refractivity contribution in [3.63, 3.8) is 0 Å². The smallest absolute Gasteiger partial charge is 0.200 e. The van der Waals surface area contributed by atoms with Crippen molar-refractivity contribution in [2.75, 3.05) is 6.61 Å². The van der Waals surface area contributed by atoms with Crippen molar-refractivity contribution in [2.24, 2.45) is 0 Å². The third kappa shape index (κ3) is 3.58. The molecule has 2 aromatic carbocycles. The predicted octanol–water partition coefficient (Wildman–Crippen LogP) is 5.18. The zero-order valence-corrected chi connectivity index (χ0v) is 13.7. The van der Waals surface area contributed by atoms with Gasteiger partial charge in [0.2, 0.25) is 0 Å². The maximum Gasteiger partial charge on any atom is 0.200 e. The van der Waals surface area contributed by atoms with Gasteiger partial charge in [0.15, 0.2) is 18.1 Å². The Bertz CT molecular complexity index is 673. The van der Waals surface area contributed by atoms with E-state index >= 15 is 0 Å². The molecular formula is C17H16Cl2O2. The minimum Gasteiger partial charge on any atom is -0.482 e. The van der Waals surface area contributed by atoms with Crippen LogP contribution >= 0.6 is 23.2 Å². The Kier molecular flexibility index (Phi) is 4.92. The molecule has 0 fully saturated rings. The van der Waals surface area contributed by atoms with E-state index in [-0.39, 0.29) is 12.4 Å². The molecule has 0 amide bonds. The van der Waals surface area contributed by atoms with Crippen molar-refractivity contribution >= 4 is 29.0 Å². The van der Waals surface area contributed by atoms with Crippen molar-refractivity contribution < 1.29 is 9.53 Å². The molecule has 21 heavy (non-hydrogen) atoms. The molecule has 0 aliphatic heterocycles. The fraction of sp³-hybridized carbons (Fsp3) is 0.235. The number of para-hydroxylation sites is 1. The fourth-order valence-electron chi connectivity index (χ4n) is 2.10. The van der Waals surface area contributed by atoms with Gasteiger partial charge in [-0.1, -0.05) is 35.3 Å². The van der Waals surface area contributed by atoms with Crippen LogP contribution in [0.5, 0.6) is 5.75 Å². The molecule has 0 saturated carbocycles. The van der Waals surface area contributed by atoms with Crippen LogP contribution in [0.15, 0.2) is 30.3 Å². The lowest BCUT2D eigenvalue weighted by Gasteiger charge is -2.11. The molecule has 0 unspecified atom stereocenters. The minimum absolute atomic E-state index is 0.0905. The van der Waals surface area contributed by atoms with Crippen LogP contribution in [0, 0.1) is 20.8 Å². The van der Waals surface area contributed by atoms with Crippen molar-refractivity contribution in [1.82, 2.24) is 0 Å². The van der Waals surface area contributed by atoms with E-state index in [1.807, 2.05) is 32.9 Å². The first kappa shape index (κ1) is 15.9. The summed E-state index contributed by atoms with van der Waals surface area (Å²) in [7, 11) is 0. The monoisotopic (exact) mass is 322 g/mol. The van der Waals surface area contributed by atoms with Gasteiger partial charge in [0.25, 0.3) is 0 Å². The first-order chi connectivity index (χ1) is 9.90. The van der Waals surface area contributed by atoms with Gasteiger partial charge in [-0.15, -0.1) is 0 Å². The summed E-state index contributed by atoms with van der Waals surface area (Å²) in [4.78, 5) is 12.3. The predicted molar refractivity (Wildman–Crippen MR) is 86.9 cm³/mol. The molecule has 0 spiro atoms. The highest BCUT2D eigenvalue weighted by Gasteiger charge is 2.14. The summed E-state index contributed by atoms with van der Waals surface area (Å²) in [6, 6.07) is 8.98. The normalized spacial score (nSPS) is 10.5. The third-order valence-electron chi connectivity index (χ3n) is 3.41. The van der Waals surface area contributed by atoms with Gasteiger partial charge in [-0.3, -0.25) is 4.79 Å². The molecule has 4 heteroatoms. The number of benzene rings is 2. The molecule has 0 aliphatic carbocycles. The number of rotatable bonds is 4. The minimum atomic E-state index is -0.0911. The Morgan fingerprint density at radius 1 is 1.00 bits per heavy atom. The maximum atomic E-state index is 12.3. The van der Waals surface area contributed by atoms with E-state index in [0.717, 1.165) is 11.1 Å². The maximum absolute atomic E-state index is 12.3. The SMILES string of the molecule is Cc1cc(C)c(C(=O)COc2c(Cl)cccc2Cl)cc1C. The number of ketones is 1. The van der Waals surface area contributed by atoms with E-state index in [9.17, 15) is 4.79 Å². The van der Waals surface area contributed by atoms with Crippen LogP contribution in [0.3, 0.4) is 0 Å². The van der Waals surface area contributed by atoms with Crippen LogP contribution in [-0.2, 0) is 0 Å². The lowest BCUT2D eigenvalue weighted by molar-refractivity contribution is 0.0921. The summed E-state index contributed by atoms with van der Waals surface area (Å²) in [5, 5.41) is 0.791. The molecule has 2 aromatic rings. The van der Waals surface area contributed by atoms with E-state index in [2.05, 4.69) is 0 Å². The van der Waals surface area contributed by atoms with Crippen molar-refractivity contribution in [3.8, 4) is 5.75 Å². The first-order valence-electron chi connectivity index (χ1n) is 6.58. The number of aryl methyl sites for hydroxylation is 3. The topological polar surface area (TPSA) is 26.3 Å². The molecule has 0 radical (unpaired) electrons. The van der Waals surface area contributed by atoms with Gasteiger partial charge in [-0.05, 0) is 55.7 Å². The summed E-state index contributed by atoms with van der Waals surface area (Å²) in [6.07, 6.45) is 0. The van der Waals surface area contributed by atoms with Gasteiger partial charge in [0, 0.05) is 5.56 Å². The second-order valence-corrected chi connectivity index (χ2v) is 5.83. The molecule has 2 rings (SSSR count). The average molecular weight is 323 g/mol. The summed E-state index contributed by atoms with van der Waals surface area (Å²) in [5.74, 6) is 0.252. The molecule has 0 aliphatic rings. The Labute approximate surface area is 134 Å². The summed E-state index contributed by atoms with van der Waals surface area (Å²) >= 11 is 12.0. The van der Waals surface area contributed by atoms with Crippen molar-refractivity contribution in [3.05, 3.63) is 62.6 Å². The highest BCUT2D eigenvalue weighted by atomic mass is 35.5. The molecule has 0 N–H and O–H groups in total. The van der Waals surface area contributed by atoms with E-state index in [1.165, 1.54) is 5.56 Å². The number of Topliss-reactive ketones (excluding diaryl/α,β-unsaturated/α-hetero) is 1. The average Bonchev–Trinajstić information content (AvgIpc) is 2.42. The zero-order chi connectivity index (χ0) is 15.6. The first-order valence-corrected chi connectivity index (χ1v) is 7.33. The standard InChI is InChI=1S/C17H16Cl2O2/c1-10-7-12(3)13(8-11(10)2)16(20)9-21-17-14(18)5-4-6-15(17)19/h4-8H,9H2,1-3H3. The number of carbonyl (C=O) groups is 1. The Morgan fingerprint density at radius 2 is 1.57 bits per heavy atom. The Morgan fingerprint density at radius 3 is 2.19 bits per heavy atom. The van der Waals surface area contributed by atoms with Gasteiger partial charge < -0.3 is 4.74 Å².